The Balaban J connectivity index is 1.41. The zero-order chi connectivity index (χ0) is 26.1. The summed E-state index contributed by atoms with van der Waals surface area (Å²) in [6.45, 7) is 2.58. The van der Waals surface area contributed by atoms with Crippen molar-refractivity contribution in [1.29, 1.82) is 0 Å². The first kappa shape index (κ1) is 25.6. The van der Waals surface area contributed by atoms with Crippen molar-refractivity contribution >= 4 is 46.4 Å². The number of allylic oxidation sites excluding steroid dienone is 4. The van der Waals surface area contributed by atoms with Crippen LogP contribution in [0, 0.1) is 0 Å². The van der Waals surface area contributed by atoms with E-state index in [0.717, 1.165) is 60.3 Å². The molecule has 0 atom stereocenters. The highest BCUT2D eigenvalue weighted by molar-refractivity contribution is 6.32. The number of nitrogens with one attached hydrogen (secondary N) is 1. The van der Waals surface area contributed by atoms with Gasteiger partial charge in [-0.1, -0.05) is 29.3 Å². The Labute approximate surface area is 226 Å². The molecule has 1 aliphatic heterocycles. The normalized spacial score (nSPS) is 18.1. The molecule has 2 aromatic carbocycles. The number of ether oxygens (including phenoxy) is 1. The van der Waals surface area contributed by atoms with Crippen LogP contribution in [0.3, 0.4) is 0 Å². The second-order valence-corrected chi connectivity index (χ2v) is 10.3. The number of rotatable bonds is 6. The molecular formula is C29H28Cl2N2O4. The van der Waals surface area contributed by atoms with Gasteiger partial charge in [-0.05, 0) is 74.6 Å². The van der Waals surface area contributed by atoms with Crippen LogP contribution < -0.4 is 10.1 Å². The minimum Gasteiger partial charge on any atom is -0.482 e. The predicted molar refractivity (Wildman–Crippen MR) is 144 cm³/mol. The highest BCUT2D eigenvalue weighted by atomic mass is 35.5. The number of anilines is 1. The highest BCUT2D eigenvalue weighted by Crippen LogP contribution is 2.49. The second-order valence-electron chi connectivity index (χ2n) is 9.49. The van der Waals surface area contributed by atoms with E-state index in [9.17, 15) is 14.4 Å². The maximum Gasteiger partial charge on any atom is 0.262 e. The van der Waals surface area contributed by atoms with E-state index in [1.807, 2.05) is 6.07 Å². The van der Waals surface area contributed by atoms with E-state index in [1.165, 1.54) is 0 Å². The number of hydrogen-bond donors (Lipinski definition) is 1. The van der Waals surface area contributed by atoms with E-state index in [4.69, 9.17) is 27.9 Å². The van der Waals surface area contributed by atoms with Gasteiger partial charge in [0.1, 0.15) is 5.75 Å². The van der Waals surface area contributed by atoms with Crippen molar-refractivity contribution in [3.63, 3.8) is 0 Å². The number of carbonyl (C=O) groups excluding carboxylic acids is 3. The molecule has 1 N–H and O–H groups in total. The number of amides is 1. The van der Waals surface area contributed by atoms with Gasteiger partial charge in [0.15, 0.2) is 18.2 Å². The lowest BCUT2D eigenvalue weighted by atomic mass is 9.71. The molecule has 0 radical (unpaired) electrons. The van der Waals surface area contributed by atoms with Gasteiger partial charge in [-0.25, -0.2) is 0 Å². The molecular weight excluding hydrogens is 511 g/mol. The monoisotopic (exact) mass is 538 g/mol. The van der Waals surface area contributed by atoms with Crippen LogP contribution in [0.25, 0.3) is 0 Å². The molecule has 8 heteroatoms. The van der Waals surface area contributed by atoms with E-state index in [0.29, 0.717) is 34.3 Å². The highest BCUT2D eigenvalue weighted by Gasteiger charge is 2.42. The lowest BCUT2D eigenvalue weighted by Crippen LogP contribution is -2.39. The number of nitrogens with zero attached hydrogens (tertiary/aromatic N) is 1. The number of Topliss-reactive ketones (excluding diaryl/α,β-unsaturated/α-hetero) is 2. The summed E-state index contributed by atoms with van der Waals surface area (Å²) in [6, 6.07) is 12.1. The molecule has 3 aliphatic rings. The van der Waals surface area contributed by atoms with E-state index in [1.54, 1.807) is 36.4 Å². The molecule has 37 heavy (non-hydrogen) atoms. The molecule has 6 nitrogen and oxygen atoms in total. The zero-order valence-electron chi connectivity index (χ0n) is 20.6. The summed E-state index contributed by atoms with van der Waals surface area (Å²) < 4.78 is 5.69. The molecule has 0 fully saturated rings. The number of carbonyl (C=O) groups is 3. The quantitative estimate of drug-likeness (QED) is 0.457. The lowest BCUT2D eigenvalue weighted by Gasteiger charge is -2.43. The fourth-order valence-corrected chi connectivity index (χ4v) is 5.99. The third-order valence-electron chi connectivity index (χ3n) is 7.18. The number of benzene rings is 2. The molecule has 5 rings (SSSR count). The molecule has 2 aliphatic carbocycles. The minimum absolute atomic E-state index is 0.102. The molecule has 1 heterocycles. The first-order chi connectivity index (χ1) is 17.9. The summed E-state index contributed by atoms with van der Waals surface area (Å²) >= 11 is 12.5. The van der Waals surface area contributed by atoms with Crippen LogP contribution in [0.5, 0.6) is 5.75 Å². The molecule has 0 bridgehead atoms. The van der Waals surface area contributed by atoms with Crippen LogP contribution in [0.1, 0.15) is 56.9 Å². The van der Waals surface area contributed by atoms with Crippen LogP contribution in [0.15, 0.2) is 65.0 Å². The maximum atomic E-state index is 13.2. The van der Waals surface area contributed by atoms with Gasteiger partial charge in [-0.2, -0.15) is 0 Å². The average Bonchev–Trinajstić information content (AvgIpc) is 2.88. The van der Waals surface area contributed by atoms with Crippen LogP contribution in [-0.2, 0) is 14.4 Å². The molecule has 1 amide bonds. The van der Waals surface area contributed by atoms with E-state index in [-0.39, 0.29) is 24.1 Å². The molecule has 0 saturated carbocycles. The molecule has 192 valence electrons. The van der Waals surface area contributed by atoms with Crippen molar-refractivity contribution in [2.75, 3.05) is 18.5 Å². The first-order valence-electron chi connectivity index (χ1n) is 12.6. The Bertz CT molecular complexity index is 1290. The third kappa shape index (κ3) is 5.05. The van der Waals surface area contributed by atoms with E-state index in [2.05, 4.69) is 17.1 Å². The Hall–Kier alpha value is -3.09. The molecule has 0 saturated heterocycles. The van der Waals surface area contributed by atoms with Crippen molar-refractivity contribution < 1.29 is 19.1 Å². The predicted octanol–water partition coefficient (Wildman–Crippen LogP) is 6.44. The Kier molecular flexibility index (Phi) is 7.40. The number of hydrogen-bond acceptors (Lipinski definition) is 5. The molecule has 0 unspecified atom stereocenters. The molecule has 2 aromatic rings. The van der Waals surface area contributed by atoms with Crippen molar-refractivity contribution in [2.24, 2.45) is 0 Å². The van der Waals surface area contributed by atoms with E-state index < -0.39 is 5.92 Å². The van der Waals surface area contributed by atoms with Crippen LogP contribution in [0.2, 0.25) is 10.0 Å². The summed E-state index contributed by atoms with van der Waals surface area (Å²) in [5.41, 5.74) is 4.97. The summed E-state index contributed by atoms with van der Waals surface area (Å²) in [5, 5.41) is 3.65. The van der Waals surface area contributed by atoms with Gasteiger partial charge >= 0.3 is 0 Å². The van der Waals surface area contributed by atoms with E-state index >= 15 is 0 Å². The standard InChI is InChI=1S/C29H28Cl2N2O4/c1-2-33-21-5-3-7-23(34)28(21)27(29-22(33)6-4-8-24(29)35)17-9-14-25(20(31)15-17)37-16-26(36)32-19-12-10-18(30)11-13-19/h9-15,27H,2-8,16H2,1H3,(H,32,36). The van der Waals surface area contributed by atoms with Gasteiger partial charge < -0.3 is 15.0 Å². The van der Waals surface area contributed by atoms with Crippen molar-refractivity contribution in [1.82, 2.24) is 4.90 Å². The zero-order valence-corrected chi connectivity index (χ0v) is 22.1. The van der Waals surface area contributed by atoms with Gasteiger partial charge in [0.05, 0.1) is 5.02 Å². The van der Waals surface area contributed by atoms with Gasteiger partial charge in [0.25, 0.3) is 5.91 Å². The second kappa shape index (κ2) is 10.7. The largest absolute Gasteiger partial charge is 0.482 e. The lowest BCUT2D eigenvalue weighted by molar-refractivity contribution is -0.118. The van der Waals surface area contributed by atoms with Crippen molar-refractivity contribution in [2.45, 2.75) is 51.4 Å². The minimum atomic E-state index is -0.423. The average molecular weight is 539 g/mol. The third-order valence-corrected chi connectivity index (χ3v) is 7.73. The van der Waals surface area contributed by atoms with Crippen molar-refractivity contribution in [3.8, 4) is 5.75 Å². The fraction of sp³-hybridized carbons (Fsp3) is 0.345. The summed E-state index contributed by atoms with van der Waals surface area (Å²) in [4.78, 5) is 41.0. The Morgan fingerprint density at radius 3 is 2.14 bits per heavy atom. The smallest absolute Gasteiger partial charge is 0.262 e. The summed E-state index contributed by atoms with van der Waals surface area (Å²) in [6.07, 6.45) is 4.27. The Morgan fingerprint density at radius 1 is 0.946 bits per heavy atom. The van der Waals surface area contributed by atoms with Gasteiger partial charge in [0, 0.05) is 58.6 Å². The molecule has 0 spiro atoms. The van der Waals surface area contributed by atoms with Gasteiger partial charge in [-0.15, -0.1) is 0 Å². The fourth-order valence-electron chi connectivity index (χ4n) is 5.62. The molecule has 0 aromatic heterocycles. The first-order valence-corrected chi connectivity index (χ1v) is 13.4. The van der Waals surface area contributed by atoms with Crippen LogP contribution >= 0.6 is 23.2 Å². The topological polar surface area (TPSA) is 75.7 Å². The number of halogens is 2. The van der Waals surface area contributed by atoms with Gasteiger partial charge in [-0.3, -0.25) is 14.4 Å². The summed E-state index contributed by atoms with van der Waals surface area (Å²) in [7, 11) is 0. The maximum absolute atomic E-state index is 13.2. The number of ketones is 2. The van der Waals surface area contributed by atoms with Gasteiger partial charge in [0.2, 0.25) is 0 Å². The van der Waals surface area contributed by atoms with Crippen LogP contribution in [-0.4, -0.2) is 35.5 Å². The van der Waals surface area contributed by atoms with Crippen molar-refractivity contribution in [3.05, 3.63) is 80.6 Å². The Morgan fingerprint density at radius 2 is 1.57 bits per heavy atom. The SMILES string of the molecule is CCN1C2=C(C(=O)CCC2)C(c2ccc(OCC(=O)Nc3ccc(Cl)cc3)c(Cl)c2)C2=C1CCCC2=O. The summed E-state index contributed by atoms with van der Waals surface area (Å²) in [5.74, 6) is -0.196. The van der Waals surface area contributed by atoms with Crippen LogP contribution in [0.4, 0.5) is 5.69 Å².